The predicted molar refractivity (Wildman–Crippen MR) is 91.2 cm³/mol. The predicted octanol–water partition coefficient (Wildman–Crippen LogP) is 2.32. The molecule has 0 saturated heterocycles. The van der Waals surface area contributed by atoms with Gasteiger partial charge in [0, 0.05) is 33.4 Å². The Hall–Kier alpha value is -2.08. The van der Waals surface area contributed by atoms with Crippen LogP contribution < -0.4 is 9.80 Å². The zero-order valence-electron chi connectivity index (χ0n) is 14.6. The first-order chi connectivity index (χ1) is 10.9. The summed E-state index contributed by atoms with van der Waals surface area (Å²) in [5, 5.41) is 0. The molecule has 0 radical (unpaired) electrons. The first kappa shape index (κ1) is 19.0. The van der Waals surface area contributed by atoms with Crippen LogP contribution in [-0.2, 0) is 14.3 Å². The molecule has 1 aromatic rings. The van der Waals surface area contributed by atoms with Gasteiger partial charge in [-0.3, -0.25) is 4.79 Å². The zero-order valence-corrected chi connectivity index (χ0v) is 14.6. The van der Waals surface area contributed by atoms with Crippen LogP contribution in [0.25, 0.3) is 0 Å². The molecule has 0 spiro atoms. The maximum atomic E-state index is 12.3. The summed E-state index contributed by atoms with van der Waals surface area (Å²) in [4.78, 5) is 27.7. The number of ether oxygens (including phenoxy) is 2. The molecule has 0 aromatic heterocycles. The van der Waals surface area contributed by atoms with Gasteiger partial charge >= 0.3 is 5.97 Å². The molecular formula is C17H26N2O4. The average molecular weight is 322 g/mol. The summed E-state index contributed by atoms with van der Waals surface area (Å²) in [5.41, 5.74) is 1.77. The largest absolute Gasteiger partial charge is 0.462 e. The van der Waals surface area contributed by atoms with Gasteiger partial charge in [-0.05, 0) is 31.5 Å². The van der Waals surface area contributed by atoms with Crippen molar-refractivity contribution in [2.75, 3.05) is 50.8 Å². The van der Waals surface area contributed by atoms with Crippen LogP contribution in [0.5, 0.6) is 0 Å². The molecular weight excluding hydrogens is 296 g/mol. The van der Waals surface area contributed by atoms with Crippen LogP contribution in [0, 0.1) is 0 Å². The maximum absolute atomic E-state index is 12.3. The number of nitrogens with zero attached hydrogens (tertiary/aromatic N) is 2. The second kappa shape index (κ2) is 9.15. The molecule has 0 aliphatic rings. The van der Waals surface area contributed by atoms with Gasteiger partial charge in [-0.25, -0.2) is 4.79 Å². The molecule has 128 valence electrons. The number of rotatable bonds is 8. The number of carbonyl (C=O) groups is 2. The number of hydrogen-bond donors (Lipinski definition) is 0. The number of anilines is 2. The Morgan fingerprint density at radius 1 is 1.13 bits per heavy atom. The van der Waals surface area contributed by atoms with Gasteiger partial charge in [-0.2, -0.15) is 0 Å². The van der Waals surface area contributed by atoms with Gasteiger partial charge < -0.3 is 19.3 Å². The molecule has 0 aliphatic carbocycles. The molecule has 0 bridgehead atoms. The van der Waals surface area contributed by atoms with E-state index in [1.54, 1.807) is 26.1 Å². The van der Waals surface area contributed by atoms with Crippen molar-refractivity contribution in [3.8, 4) is 0 Å². The van der Waals surface area contributed by atoms with Gasteiger partial charge in [-0.15, -0.1) is 0 Å². The van der Waals surface area contributed by atoms with Crippen LogP contribution in [0.15, 0.2) is 18.2 Å². The quantitative estimate of drug-likeness (QED) is 0.543. The number of benzene rings is 1. The van der Waals surface area contributed by atoms with E-state index in [1.165, 1.54) is 4.90 Å². The molecule has 0 aliphatic heterocycles. The molecule has 0 N–H and O–H groups in total. The van der Waals surface area contributed by atoms with E-state index < -0.39 is 5.97 Å². The molecule has 1 rings (SSSR count). The smallest absolute Gasteiger partial charge is 0.340 e. The number of hydrogen-bond acceptors (Lipinski definition) is 5. The summed E-state index contributed by atoms with van der Waals surface area (Å²) in [7, 11) is 5.43. The van der Waals surface area contributed by atoms with Gasteiger partial charge in [0.25, 0.3) is 5.91 Å². The fourth-order valence-electron chi connectivity index (χ4n) is 1.99. The molecule has 0 saturated carbocycles. The molecule has 0 unspecified atom stereocenters. The van der Waals surface area contributed by atoms with E-state index in [0.717, 1.165) is 12.1 Å². The highest BCUT2D eigenvalue weighted by molar-refractivity contribution is 6.03. The Morgan fingerprint density at radius 2 is 1.83 bits per heavy atom. The highest BCUT2D eigenvalue weighted by atomic mass is 16.5. The number of esters is 1. The van der Waals surface area contributed by atoms with E-state index in [1.807, 2.05) is 32.0 Å². The number of amides is 1. The number of carbonyl (C=O) groups excluding carboxylic acids is 2. The molecule has 6 nitrogen and oxygen atoms in total. The third-order valence-electron chi connectivity index (χ3n) is 3.30. The first-order valence-electron chi connectivity index (χ1n) is 7.75. The zero-order chi connectivity index (χ0) is 17.4. The summed E-state index contributed by atoms with van der Waals surface area (Å²) < 4.78 is 10.4. The summed E-state index contributed by atoms with van der Waals surface area (Å²) in [6, 6.07) is 5.30. The summed E-state index contributed by atoms with van der Waals surface area (Å²) in [6.45, 7) is 4.53. The van der Waals surface area contributed by atoms with Crippen LogP contribution in [-0.4, -0.2) is 52.8 Å². The summed E-state index contributed by atoms with van der Waals surface area (Å²) >= 11 is 0. The van der Waals surface area contributed by atoms with E-state index >= 15 is 0 Å². The molecule has 23 heavy (non-hydrogen) atoms. The van der Waals surface area contributed by atoms with Gasteiger partial charge in [-0.1, -0.05) is 6.92 Å². The summed E-state index contributed by atoms with van der Waals surface area (Å²) in [6.07, 6.45) is 0.848. The van der Waals surface area contributed by atoms with Crippen molar-refractivity contribution in [2.45, 2.75) is 20.3 Å². The van der Waals surface area contributed by atoms with Crippen LogP contribution >= 0.6 is 0 Å². The molecule has 1 aromatic carbocycles. The minimum Gasteiger partial charge on any atom is -0.462 e. The summed E-state index contributed by atoms with van der Waals surface area (Å²) in [5.74, 6) is -0.651. The standard InChI is InChI=1S/C17H26N2O4/c1-6-10-22-12-16(20)19(5)15-11-13(18(3)4)8-9-14(15)17(21)23-7-2/h8-9,11H,6-7,10,12H2,1-5H3. The van der Waals surface area contributed by atoms with E-state index in [4.69, 9.17) is 9.47 Å². The first-order valence-corrected chi connectivity index (χ1v) is 7.75. The van der Waals surface area contributed by atoms with E-state index in [-0.39, 0.29) is 19.1 Å². The Morgan fingerprint density at radius 3 is 2.39 bits per heavy atom. The second-order valence-electron chi connectivity index (χ2n) is 5.32. The van der Waals surface area contributed by atoms with Crippen molar-refractivity contribution < 1.29 is 19.1 Å². The Labute approximate surface area is 138 Å². The maximum Gasteiger partial charge on any atom is 0.340 e. The minimum absolute atomic E-state index is 0.0151. The third kappa shape index (κ3) is 5.25. The number of likely N-dealkylation sites (N-methyl/N-ethyl adjacent to an activating group) is 1. The van der Waals surface area contributed by atoms with Crippen LogP contribution in [0.2, 0.25) is 0 Å². The van der Waals surface area contributed by atoms with Crippen molar-refractivity contribution in [3.05, 3.63) is 23.8 Å². The Balaban J connectivity index is 3.10. The lowest BCUT2D eigenvalue weighted by Crippen LogP contribution is -2.32. The average Bonchev–Trinajstić information content (AvgIpc) is 2.53. The second-order valence-corrected chi connectivity index (χ2v) is 5.32. The third-order valence-corrected chi connectivity index (χ3v) is 3.30. The van der Waals surface area contributed by atoms with Crippen molar-refractivity contribution in [2.24, 2.45) is 0 Å². The van der Waals surface area contributed by atoms with E-state index in [0.29, 0.717) is 17.9 Å². The van der Waals surface area contributed by atoms with Crippen molar-refractivity contribution in [1.82, 2.24) is 0 Å². The molecule has 0 fully saturated rings. The van der Waals surface area contributed by atoms with Crippen molar-refractivity contribution in [3.63, 3.8) is 0 Å². The topological polar surface area (TPSA) is 59.1 Å². The van der Waals surface area contributed by atoms with Crippen molar-refractivity contribution in [1.29, 1.82) is 0 Å². The van der Waals surface area contributed by atoms with Gasteiger partial charge in [0.05, 0.1) is 17.9 Å². The molecule has 6 heteroatoms. The minimum atomic E-state index is -0.443. The monoisotopic (exact) mass is 322 g/mol. The van der Waals surface area contributed by atoms with Crippen molar-refractivity contribution >= 4 is 23.3 Å². The molecule has 0 atom stereocenters. The SMILES string of the molecule is CCCOCC(=O)N(C)c1cc(N(C)C)ccc1C(=O)OCC. The van der Waals surface area contributed by atoms with E-state index in [2.05, 4.69) is 0 Å². The fourth-order valence-corrected chi connectivity index (χ4v) is 1.99. The van der Waals surface area contributed by atoms with Crippen LogP contribution in [0.4, 0.5) is 11.4 Å². The normalized spacial score (nSPS) is 10.3. The Bertz CT molecular complexity index is 543. The van der Waals surface area contributed by atoms with Gasteiger partial charge in [0.2, 0.25) is 0 Å². The molecule has 0 heterocycles. The Kier molecular flexibility index (Phi) is 7.54. The van der Waals surface area contributed by atoms with Crippen LogP contribution in [0.3, 0.4) is 0 Å². The van der Waals surface area contributed by atoms with Gasteiger partial charge in [0.1, 0.15) is 6.61 Å². The molecule has 1 amide bonds. The fraction of sp³-hybridized carbons (Fsp3) is 0.529. The lowest BCUT2D eigenvalue weighted by Gasteiger charge is -2.23. The van der Waals surface area contributed by atoms with Gasteiger partial charge in [0.15, 0.2) is 0 Å². The lowest BCUT2D eigenvalue weighted by molar-refractivity contribution is -0.122. The highest BCUT2D eigenvalue weighted by Crippen LogP contribution is 2.26. The van der Waals surface area contributed by atoms with Crippen LogP contribution in [0.1, 0.15) is 30.6 Å². The lowest BCUT2D eigenvalue weighted by atomic mass is 10.1. The van der Waals surface area contributed by atoms with E-state index in [9.17, 15) is 9.59 Å². The highest BCUT2D eigenvalue weighted by Gasteiger charge is 2.20.